The lowest BCUT2D eigenvalue weighted by Crippen LogP contribution is -1.83. The van der Waals surface area contributed by atoms with Gasteiger partial charge in [0.2, 0.25) is 0 Å². The van der Waals surface area contributed by atoms with E-state index in [-0.39, 0.29) is 0 Å². The molecule has 1 heterocycles. The summed E-state index contributed by atoms with van der Waals surface area (Å²) in [5, 5.41) is 0.806. The third-order valence-electron chi connectivity index (χ3n) is 3.32. The molecule has 5 heteroatoms. The van der Waals surface area contributed by atoms with Crippen LogP contribution in [0.1, 0.15) is 11.3 Å². The maximum Gasteiger partial charge on any atom is 0.179 e. The van der Waals surface area contributed by atoms with Gasteiger partial charge in [0.05, 0.1) is 17.8 Å². The SMILES string of the molecule is COc1ccccc1N=Cc1cc(Br)c(Sc2ccc(C)cc2)o1. The van der Waals surface area contributed by atoms with Crippen LogP contribution in [0.2, 0.25) is 0 Å². The number of benzene rings is 2. The zero-order chi connectivity index (χ0) is 16.9. The minimum Gasteiger partial charge on any atom is -0.494 e. The Morgan fingerprint density at radius 2 is 1.88 bits per heavy atom. The Balaban J connectivity index is 1.78. The van der Waals surface area contributed by atoms with Crippen LogP contribution in [0.4, 0.5) is 5.69 Å². The Morgan fingerprint density at radius 1 is 1.12 bits per heavy atom. The second-order valence-corrected chi connectivity index (χ2v) is 7.03. The van der Waals surface area contributed by atoms with Gasteiger partial charge in [-0.3, -0.25) is 0 Å². The number of aliphatic imine (C=N–C) groups is 1. The number of hydrogen-bond acceptors (Lipinski definition) is 4. The van der Waals surface area contributed by atoms with E-state index in [1.165, 1.54) is 5.56 Å². The van der Waals surface area contributed by atoms with E-state index in [0.29, 0.717) is 5.76 Å². The minimum absolute atomic E-state index is 0.683. The smallest absolute Gasteiger partial charge is 0.179 e. The Labute approximate surface area is 153 Å². The van der Waals surface area contributed by atoms with Crippen molar-refractivity contribution in [2.75, 3.05) is 7.11 Å². The quantitative estimate of drug-likeness (QED) is 0.473. The van der Waals surface area contributed by atoms with Gasteiger partial charge in [-0.2, -0.15) is 0 Å². The molecule has 24 heavy (non-hydrogen) atoms. The van der Waals surface area contributed by atoms with E-state index in [1.807, 2.05) is 30.3 Å². The predicted molar refractivity (Wildman–Crippen MR) is 102 cm³/mol. The first kappa shape index (κ1) is 16.9. The summed E-state index contributed by atoms with van der Waals surface area (Å²) in [4.78, 5) is 5.58. The summed E-state index contributed by atoms with van der Waals surface area (Å²) >= 11 is 5.12. The molecule has 0 aliphatic rings. The fraction of sp³-hybridized carbons (Fsp3) is 0.105. The van der Waals surface area contributed by atoms with Crippen LogP contribution >= 0.6 is 27.7 Å². The average molecular weight is 402 g/mol. The summed E-state index contributed by atoms with van der Waals surface area (Å²) in [7, 11) is 1.63. The summed E-state index contributed by atoms with van der Waals surface area (Å²) in [6, 6.07) is 17.9. The summed E-state index contributed by atoms with van der Waals surface area (Å²) < 4.78 is 12.1. The molecule has 0 aliphatic heterocycles. The first-order chi connectivity index (χ1) is 11.7. The van der Waals surface area contributed by atoms with E-state index in [4.69, 9.17) is 9.15 Å². The third kappa shape index (κ3) is 4.10. The topological polar surface area (TPSA) is 34.7 Å². The molecule has 0 radical (unpaired) electrons. The number of furan rings is 1. The highest BCUT2D eigenvalue weighted by Gasteiger charge is 2.10. The molecule has 1 aromatic heterocycles. The molecule has 0 bridgehead atoms. The van der Waals surface area contributed by atoms with Crippen molar-refractivity contribution >= 4 is 39.6 Å². The number of halogens is 1. The molecule has 3 nitrogen and oxygen atoms in total. The summed E-state index contributed by atoms with van der Waals surface area (Å²) in [6.45, 7) is 2.07. The Bertz CT molecular complexity index is 856. The summed E-state index contributed by atoms with van der Waals surface area (Å²) in [5.41, 5.74) is 2.00. The summed E-state index contributed by atoms with van der Waals surface area (Å²) in [5.74, 6) is 1.41. The van der Waals surface area contributed by atoms with Crippen LogP contribution in [0.5, 0.6) is 5.75 Å². The van der Waals surface area contributed by atoms with E-state index in [0.717, 1.165) is 25.9 Å². The van der Waals surface area contributed by atoms with Crippen molar-refractivity contribution in [1.82, 2.24) is 0 Å². The number of nitrogens with zero attached hydrogens (tertiary/aromatic N) is 1. The van der Waals surface area contributed by atoms with Crippen molar-refractivity contribution in [1.29, 1.82) is 0 Å². The number of ether oxygens (including phenoxy) is 1. The van der Waals surface area contributed by atoms with Gasteiger partial charge in [0.1, 0.15) is 17.2 Å². The number of hydrogen-bond donors (Lipinski definition) is 0. The number of rotatable bonds is 5. The average Bonchev–Trinajstić information content (AvgIpc) is 2.95. The van der Waals surface area contributed by atoms with Crippen molar-refractivity contribution in [2.24, 2.45) is 4.99 Å². The zero-order valence-corrected chi connectivity index (χ0v) is 15.7. The van der Waals surface area contributed by atoms with Crippen LogP contribution in [0.25, 0.3) is 0 Å². The van der Waals surface area contributed by atoms with Crippen LogP contribution in [-0.4, -0.2) is 13.3 Å². The summed E-state index contributed by atoms with van der Waals surface area (Å²) in [6.07, 6.45) is 1.70. The molecule has 0 aliphatic carbocycles. The molecule has 3 rings (SSSR count). The highest BCUT2D eigenvalue weighted by atomic mass is 79.9. The predicted octanol–water partition coefficient (Wildman–Crippen LogP) is 6.26. The molecule has 122 valence electrons. The van der Waals surface area contributed by atoms with Crippen LogP contribution in [0.15, 0.2) is 78.5 Å². The Hall–Kier alpha value is -1.98. The lowest BCUT2D eigenvalue weighted by Gasteiger charge is -2.02. The molecule has 3 aromatic rings. The van der Waals surface area contributed by atoms with Crippen molar-refractivity contribution in [2.45, 2.75) is 16.9 Å². The maximum atomic E-state index is 5.87. The van der Waals surface area contributed by atoms with E-state index in [1.54, 1.807) is 25.1 Å². The van der Waals surface area contributed by atoms with Crippen molar-refractivity contribution in [3.05, 3.63) is 70.4 Å². The molecule has 0 saturated carbocycles. The molecular weight excluding hydrogens is 386 g/mol. The molecule has 0 fully saturated rings. The lowest BCUT2D eigenvalue weighted by atomic mass is 10.2. The molecule has 0 saturated heterocycles. The van der Waals surface area contributed by atoms with E-state index < -0.39 is 0 Å². The Morgan fingerprint density at radius 3 is 2.62 bits per heavy atom. The molecule has 0 atom stereocenters. The molecular formula is C19H16BrNO2S. The van der Waals surface area contributed by atoms with Crippen LogP contribution in [0.3, 0.4) is 0 Å². The van der Waals surface area contributed by atoms with Gasteiger partial charge in [-0.05, 0) is 47.1 Å². The van der Waals surface area contributed by atoms with Crippen molar-refractivity contribution in [3.63, 3.8) is 0 Å². The van der Waals surface area contributed by atoms with Gasteiger partial charge < -0.3 is 9.15 Å². The van der Waals surface area contributed by atoms with Crippen molar-refractivity contribution < 1.29 is 9.15 Å². The second kappa shape index (κ2) is 7.73. The van der Waals surface area contributed by atoms with E-state index in [9.17, 15) is 0 Å². The van der Waals surface area contributed by atoms with Gasteiger partial charge in [0.25, 0.3) is 0 Å². The van der Waals surface area contributed by atoms with Gasteiger partial charge in [-0.15, -0.1) is 0 Å². The number of methoxy groups -OCH3 is 1. The fourth-order valence-electron chi connectivity index (χ4n) is 2.09. The highest BCUT2D eigenvalue weighted by molar-refractivity contribution is 9.10. The molecule has 0 spiro atoms. The van der Waals surface area contributed by atoms with Gasteiger partial charge in [0.15, 0.2) is 5.09 Å². The van der Waals surface area contributed by atoms with Crippen LogP contribution in [0, 0.1) is 6.92 Å². The minimum atomic E-state index is 0.683. The standard InChI is InChI=1S/C19H16BrNO2S/c1-13-7-9-15(10-8-13)24-19-16(20)11-14(23-19)12-21-17-5-3-4-6-18(17)22-2/h3-12H,1-2H3. The molecule has 0 amide bonds. The number of aryl methyl sites for hydroxylation is 1. The molecule has 0 unspecified atom stereocenters. The fourth-order valence-corrected chi connectivity index (χ4v) is 3.42. The van der Waals surface area contributed by atoms with E-state index in [2.05, 4.69) is 52.1 Å². The second-order valence-electron chi connectivity index (χ2n) is 5.13. The first-order valence-electron chi connectivity index (χ1n) is 7.36. The molecule has 0 N–H and O–H groups in total. The maximum absolute atomic E-state index is 5.87. The van der Waals surface area contributed by atoms with Crippen LogP contribution in [-0.2, 0) is 0 Å². The van der Waals surface area contributed by atoms with Crippen LogP contribution < -0.4 is 4.74 Å². The van der Waals surface area contributed by atoms with Crippen molar-refractivity contribution in [3.8, 4) is 5.75 Å². The highest BCUT2D eigenvalue weighted by Crippen LogP contribution is 2.36. The Kier molecular flexibility index (Phi) is 5.43. The van der Waals surface area contributed by atoms with E-state index >= 15 is 0 Å². The first-order valence-corrected chi connectivity index (χ1v) is 8.97. The molecule has 2 aromatic carbocycles. The third-order valence-corrected chi connectivity index (χ3v) is 5.17. The van der Waals surface area contributed by atoms with Gasteiger partial charge >= 0.3 is 0 Å². The zero-order valence-electron chi connectivity index (χ0n) is 13.3. The van der Waals surface area contributed by atoms with Gasteiger partial charge in [-0.25, -0.2) is 4.99 Å². The lowest BCUT2D eigenvalue weighted by molar-refractivity contribution is 0.416. The van der Waals surface area contributed by atoms with Gasteiger partial charge in [-0.1, -0.05) is 41.6 Å². The monoisotopic (exact) mass is 401 g/mol. The largest absolute Gasteiger partial charge is 0.494 e. The van der Waals surface area contributed by atoms with Gasteiger partial charge in [0, 0.05) is 11.0 Å². The number of para-hydroxylation sites is 2. The normalized spacial score (nSPS) is 11.1.